The van der Waals surface area contributed by atoms with Crippen molar-refractivity contribution in [1.82, 2.24) is 4.90 Å². The lowest BCUT2D eigenvalue weighted by atomic mass is 9.89. The molecule has 4 aliphatic rings. The van der Waals surface area contributed by atoms with E-state index in [0.29, 0.717) is 23.9 Å². The van der Waals surface area contributed by atoms with Crippen molar-refractivity contribution in [1.29, 1.82) is 0 Å². The third-order valence-electron chi connectivity index (χ3n) is 8.10. The predicted octanol–water partition coefficient (Wildman–Crippen LogP) is 4.73. The summed E-state index contributed by atoms with van der Waals surface area (Å²) in [5.41, 5.74) is 4.45. The summed E-state index contributed by atoms with van der Waals surface area (Å²) in [6.45, 7) is 13.7. The number of Topliss-reactive ketones (excluding diaryl/α,β-unsaturated/α-hetero) is 2. The first-order valence-corrected chi connectivity index (χ1v) is 13.8. The molecule has 2 saturated heterocycles. The summed E-state index contributed by atoms with van der Waals surface area (Å²) in [5.74, 6) is 2.16. The van der Waals surface area contributed by atoms with Gasteiger partial charge in [-0.3, -0.25) is 9.59 Å². The van der Waals surface area contributed by atoms with Gasteiger partial charge in [0.05, 0.1) is 13.1 Å². The number of ketones is 2. The van der Waals surface area contributed by atoms with Crippen LogP contribution in [0.25, 0.3) is 0 Å². The minimum Gasteiger partial charge on any atom is -0.444 e. The lowest BCUT2D eigenvalue weighted by molar-refractivity contribution is -0.664. The Hall–Kier alpha value is -1.95. The van der Waals surface area contributed by atoms with Gasteiger partial charge in [-0.15, -0.1) is 0 Å². The maximum atomic E-state index is 12.0. The first-order chi connectivity index (χ1) is 16.5. The quantitative estimate of drug-likeness (QED) is 0.622. The van der Waals surface area contributed by atoms with Crippen LogP contribution in [0.4, 0.5) is 4.79 Å². The molecule has 4 rings (SSSR count). The summed E-state index contributed by atoms with van der Waals surface area (Å²) in [6.07, 6.45) is 10.2. The van der Waals surface area contributed by atoms with Crippen molar-refractivity contribution in [3.05, 3.63) is 22.3 Å². The van der Waals surface area contributed by atoms with Gasteiger partial charge in [-0.2, -0.15) is 0 Å². The number of carbonyl (C=O) groups excluding carboxylic acids is 3. The summed E-state index contributed by atoms with van der Waals surface area (Å²) in [5, 5.41) is 2.40. The number of piperidine rings is 2. The number of carbonyl (C=O) groups is 3. The van der Waals surface area contributed by atoms with Gasteiger partial charge in [-0.05, 0) is 109 Å². The molecule has 0 bridgehead atoms. The average Bonchev–Trinajstić information content (AvgIpc) is 3.30. The van der Waals surface area contributed by atoms with Crippen LogP contribution in [0.1, 0.15) is 98.8 Å². The van der Waals surface area contributed by atoms with E-state index < -0.39 is 5.60 Å². The third kappa shape index (κ3) is 8.30. The van der Waals surface area contributed by atoms with Crippen LogP contribution in [-0.4, -0.2) is 54.3 Å². The molecule has 6 nitrogen and oxygen atoms in total. The van der Waals surface area contributed by atoms with Gasteiger partial charge < -0.3 is 15.0 Å². The van der Waals surface area contributed by atoms with E-state index in [1.54, 1.807) is 0 Å². The van der Waals surface area contributed by atoms with Crippen molar-refractivity contribution in [2.24, 2.45) is 11.8 Å². The van der Waals surface area contributed by atoms with Crippen molar-refractivity contribution in [3.63, 3.8) is 0 Å². The second-order valence-corrected chi connectivity index (χ2v) is 11.9. The monoisotopic (exact) mass is 487 g/mol. The minimum absolute atomic E-state index is 0.201. The molecule has 0 aromatic heterocycles. The molecule has 0 aromatic carbocycles. The standard InChI is InChI=1S/C17H27NO3.C12H19NO/c1-12-14(5-6-15(12)19)11-13-7-9-18(10-8-13)16(20)21-17(2,3)4;1-9-11(2-3-12(9)14)8-10-4-6-13-7-5-10/h13H,5-11H2,1-4H3;10,13H,2-8H2,1H3/p+1. The number of ether oxygens (including phenoxy) is 1. The number of allylic oxidation sites excluding steroid dienone is 4. The van der Waals surface area contributed by atoms with Crippen molar-refractivity contribution < 1.29 is 24.4 Å². The molecule has 0 radical (unpaired) electrons. The zero-order valence-electron chi connectivity index (χ0n) is 22.7. The number of hydrogen-bond acceptors (Lipinski definition) is 4. The Morgan fingerprint density at radius 2 is 1.29 bits per heavy atom. The fourth-order valence-corrected chi connectivity index (χ4v) is 5.73. The van der Waals surface area contributed by atoms with Crippen LogP contribution in [0.5, 0.6) is 0 Å². The van der Waals surface area contributed by atoms with Crippen LogP contribution in [0.3, 0.4) is 0 Å². The highest BCUT2D eigenvalue weighted by atomic mass is 16.6. The molecule has 2 heterocycles. The van der Waals surface area contributed by atoms with Gasteiger partial charge in [-0.1, -0.05) is 11.1 Å². The average molecular weight is 488 g/mol. The van der Waals surface area contributed by atoms with Crippen molar-refractivity contribution in [2.45, 2.75) is 104 Å². The van der Waals surface area contributed by atoms with Crippen LogP contribution in [0.15, 0.2) is 22.3 Å². The lowest BCUT2D eigenvalue weighted by Crippen LogP contribution is -2.86. The van der Waals surface area contributed by atoms with Gasteiger partial charge in [0.1, 0.15) is 5.60 Å². The van der Waals surface area contributed by atoms with Gasteiger partial charge in [0.2, 0.25) is 0 Å². The van der Waals surface area contributed by atoms with Crippen molar-refractivity contribution in [3.8, 4) is 0 Å². The van der Waals surface area contributed by atoms with Crippen LogP contribution >= 0.6 is 0 Å². The highest BCUT2D eigenvalue weighted by Crippen LogP contribution is 2.33. The molecule has 196 valence electrons. The van der Waals surface area contributed by atoms with Gasteiger partial charge in [0.25, 0.3) is 0 Å². The number of hydrogen-bond donors (Lipinski definition) is 1. The number of rotatable bonds is 4. The summed E-state index contributed by atoms with van der Waals surface area (Å²) >= 11 is 0. The van der Waals surface area contributed by atoms with E-state index in [4.69, 9.17) is 4.74 Å². The number of nitrogens with zero attached hydrogens (tertiary/aromatic N) is 1. The Morgan fingerprint density at radius 3 is 1.69 bits per heavy atom. The largest absolute Gasteiger partial charge is 0.444 e. The third-order valence-corrected chi connectivity index (χ3v) is 8.10. The van der Waals surface area contributed by atoms with E-state index in [2.05, 4.69) is 5.32 Å². The topological polar surface area (TPSA) is 80.3 Å². The molecule has 2 fully saturated rings. The van der Waals surface area contributed by atoms with Gasteiger partial charge in [0.15, 0.2) is 11.6 Å². The molecular weight excluding hydrogens is 440 g/mol. The number of quaternary nitrogens is 1. The van der Waals surface area contributed by atoms with E-state index in [-0.39, 0.29) is 6.09 Å². The highest BCUT2D eigenvalue weighted by molar-refractivity contribution is 5.98. The summed E-state index contributed by atoms with van der Waals surface area (Å²) < 4.78 is 5.41. The fourth-order valence-electron chi connectivity index (χ4n) is 5.73. The van der Waals surface area contributed by atoms with Crippen LogP contribution in [0, 0.1) is 11.8 Å². The summed E-state index contributed by atoms with van der Waals surface area (Å²) in [4.78, 5) is 36.8. The Kier molecular flexibility index (Phi) is 9.74. The van der Waals surface area contributed by atoms with Crippen LogP contribution in [0.2, 0.25) is 0 Å². The minimum atomic E-state index is -0.430. The van der Waals surface area contributed by atoms with Gasteiger partial charge >= 0.3 is 6.09 Å². The molecular formula is C29H47N2O4+. The smallest absolute Gasteiger partial charge is 0.410 e. The normalized spacial score (nSPS) is 22.6. The Balaban J connectivity index is 0.000000211. The van der Waals surface area contributed by atoms with E-state index in [9.17, 15) is 14.4 Å². The van der Waals surface area contributed by atoms with E-state index in [1.807, 2.05) is 39.5 Å². The predicted molar refractivity (Wildman–Crippen MR) is 138 cm³/mol. The molecule has 2 aliphatic heterocycles. The molecule has 0 spiro atoms. The SMILES string of the molecule is CC1=C(CC2CCN(C(=O)OC(C)(C)C)CC2)CCC1=O.CC1=C(CC2CC[NH2+]CC2)CCC1=O. The summed E-state index contributed by atoms with van der Waals surface area (Å²) in [6, 6.07) is 0. The van der Waals surface area contributed by atoms with E-state index in [1.165, 1.54) is 43.5 Å². The Bertz CT molecular complexity index is 850. The maximum absolute atomic E-state index is 12.0. The molecule has 6 heteroatoms. The van der Waals surface area contributed by atoms with Crippen molar-refractivity contribution in [2.75, 3.05) is 26.2 Å². The molecule has 0 atom stereocenters. The molecule has 2 N–H and O–H groups in total. The molecule has 1 amide bonds. The first kappa shape index (κ1) is 27.6. The Morgan fingerprint density at radius 1 is 0.829 bits per heavy atom. The molecule has 0 saturated carbocycles. The van der Waals surface area contributed by atoms with E-state index >= 15 is 0 Å². The lowest BCUT2D eigenvalue weighted by Gasteiger charge is -2.33. The summed E-state index contributed by atoms with van der Waals surface area (Å²) in [7, 11) is 0. The van der Waals surface area contributed by atoms with Crippen molar-refractivity contribution >= 4 is 17.7 Å². The maximum Gasteiger partial charge on any atom is 0.410 e. The second-order valence-electron chi connectivity index (χ2n) is 11.9. The zero-order chi connectivity index (χ0) is 25.6. The van der Waals surface area contributed by atoms with Crippen LogP contribution < -0.4 is 5.32 Å². The highest BCUT2D eigenvalue weighted by Gasteiger charge is 2.29. The number of likely N-dealkylation sites (tertiary alicyclic amines) is 1. The van der Waals surface area contributed by atoms with Crippen LogP contribution in [-0.2, 0) is 14.3 Å². The fraction of sp³-hybridized carbons (Fsp3) is 0.759. The molecule has 0 aromatic rings. The second kappa shape index (κ2) is 12.3. The van der Waals surface area contributed by atoms with Gasteiger partial charge in [0, 0.05) is 25.9 Å². The Labute approximate surface area is 211 Å². The number of amides is 1. The van der Waals surface area contributed by atoms with E-state index in [0.717, 1.165) is 68.7 Å². The van der Waals surface area contributed by atoms with Gasteiger partial charge in [-0.25, -0.2) is 4.79 Å². The molecule has 2 aliphatic carbocycles. The molecule has 35 heavy (non-hydrogen) atoms. The zero-order valence-corrected chi connectivity index (χ0v) is 22.7. The first-order valence-electron chi connectivity index (χ1n) is 13.8. The number of nitrogens with two attached hydrogens (primary N) is 1. The molecule has 0 unspecified atom stereocenters.